The molecule has 3 N–H and O–H groups in total. The molecular weight excluding hydrogens is 452 g/mol. The van der Waals surface area contributed by atoms with E-state index in [1.807, 2.05) is 13.1 Å². The van der Waals surface area contributed by atoms with E-state index in [4.69, 9.17) is 0 Å². The number of sulfone groups is 1. The molecule has 7 nitrogen and oxygen atoms in total. The number of aromatic nitrogens is 1. The normalized spacial score (nSPS) is 28.0. The maximum absolute atomic E-state index is 13.2. The van der Waals surface area contributed by atoms with Crippen molar-refractivity contribution in [3.63, 3.8) is 0 Å². The molecule has 2 bridgehead atoms. The van der Waals surface area contributed by atoms with Gasteiger partial charge in [-0.1, -0.05) is 24.3 Å². The highest BCUT2D eigenvalue weighted by molar-refractivity contribution is 7.91. The number of nitrogens with one attached hydrogen (secondary N) is 1. The minimum atomic E-state index is -4.01. The lowest BCUT2D eigenvalue weighted by Gasteiger charge is -2.63. The maximum atomic E-state index is 13.2. The Morgan fingerprint density at radius 2 is 1.82 bits per heavy atom. The first-order chi connectivity index (χ1) is 16.2. The molecule has 1 aromatic heterocycles. The van der Waals surface area contributed by atoms with E-state index < -0.39 is 26.4 Å². The first kappa shape index (κ1) is 21.6. The zero-order valence-corrected chi connectivity index (χ0v) is 19.6. The fraction of sp³-hybridized carbons (Fsp3) is 0.346. The molecule has 0 saturated carbocycles. The number of pyridine rings is 1. The minimum Gasteiger partial charge on any atom is -0.508 e. The van der Waals surface area contributed by atoms with Crippen molar-refractivity contribution in [2.75, 3.05) is 13.6 Å². The fourth-order valence-corrected chi connectivity index (χ4v) is 7.92. The minimum absolute atomic E-state index is 0.0603. The summed E-state index contributed by atoms with van der Waals surface area (Å²) in [6, 6.07) is 14.6. The van der Waals surface area contributed by atoms with Crippen LogP contribution in [-0.2, 0) is 34.5 Å². The highest BCUT2D eigenvalue weighted by atomic mass is 32.2. The van der Waals surface area contributed by atoms with E-state index in [0.717, 1.165) is 17.7 Å². The van der Waals surface area contributed by atoms with E-state index >= 15 is 0 Å². The number of phenols is 1. The molecule has 1 fully saturated rings. The van der Waals surface area contributed by atoms with Gasteiger partial charge in [-0.3, -0.25) is 4.79 Å². The van der Waals surface area contributed by atoms with Gasteiger partial charge in [-0.2, -0.15) is 0 Å². The van der Waals surface area contributed by atoms with Crippen LogP contribution < -0.4 is 5.56 Å². The van der Waals surface area contributed by atoms with Crippen LogP contribution in [0.1, 0.15) is 28.8 Å². The molecule has 34 heavy (non-hydrogen) atoms. The van der Waals surface area contributed by atoms with Gasteiger partial charge in [-0.25, -0.2) is 8.42 Å². The molecule has 1 saturated heterocycles. The molecular formula is C26H26N2O5S. The van der Waals surface area contributed by atoms with Crippen molar-refractivity contribution in [1.82, 2.24) is 9.88 Å². The molecule has 3 aromatic rings. The quantitative estimate of drug-likeness (QED) is 0.519. The number of likely N-dealkylation sites (N-methyl/N-ethyl adjacent to an activating group) is 1. The van der Waals surface area contributed by atoms with E-state index in [2.05, 4.69) is 9.88 Å². The van der Waals surface area contributed by atoms with Crippen LogP contribution in [0, 0.1) is 0 Å². The van der Waals surface area contributed by atoms with Crippen LogP contribution in [0.4, 0.5) is 0 Å². The first-order valence-electron chi connectivity index (χ1n) is 11.5. The predicted octanol–water partition coefficient (Wildman–Crippen LogP) is 1.94. The fourth-order valence-electron chi connectivity index (χ4n) is 6.56. The van der Waals surface area contributed by atoms with Gasteiger partial charge >= 0.3 is 0 Å². The summed E-state index contributed by atoms with van der Waals surface area (Å²) in [5.74, 6) is 0.149. The van der Waals surface area contributed by atoms with Gasteiger partial charge in [0.25, 0.3) is 5.56 Å². The number of aromatic hydroxyl groups is 1. The summed E-state index contributed by atoms with van der Waals surface area (Å²) in [5, 5.41) is 22.6. The van der Waals surface area contributed by atoms with Crippen LogP contribution in [0.3, 0.4) is 0 Å². The average molecular weight is 479 g/mol. The summed E-state index contributed by atoms with van der Waals surface area (Å²) >= 11 is 0. The van der Waals surface area contributed by atoms with Crippen LogP contribution >= 0.6 is 0 Å². The number of hydrogen-bond donors (Lipinski definition) is 3. The lowest BCUT2D eigenvalue weighted by atomic mass is 9.49. The number of hydrogen-bond acceptors (Lipinski definition) is 6. The van der Waals surface area contributed by atoms with E-state index in [-0.39, 0.29) is 28.0 Å². The lowest BCUT2D eigenvalue weighted by molar-refractivity contribution is -0.145. The Morgan fingerprint density at radius 1 is 1.06 bits per heavy atom. The third-order valence-electron chi connectivity index (χ3n) is 8.29. The zero-order valence-electron chi connectivity index (χ0n) is 18.8. The standard InChI is InChI=1S/C26H26N2O5S/c1-28-10-9-25-15-21-17(11-22(24(30)27-21)34(32,33)19-5-3-2-4-6-19)14-26(25,31)23(28)12-16-7-8-18(29)13-20(16)25/h2-8,11,13,23,29,31H,9-10,12,14-15H2,1H3,(H,27,30)/t23-,25-,26-/m1/s1. The number of H-pyrrole nitrogens is 1. The third-order valence-corrected chi connectivity index (χ3v) is 10.1. The van der Waals surface area contributed by atoms with Crippen LogP contribution in [0.2, 0.25) is 0 Å². The number of aromatic amines is 1. The number of fused-ring (bicyclic) bond motifs is 2. The van der Waals surface area contributed by atoms with Gasteiger partial charge in [-0.05, 0) is 73.5 Å². The van der Waals surface area contributed by atoms with Gasteiger partial charge in [0, 0.05) is 30.0 Å². The van der Waals surface area contributed by atoms with Crippen LogP contribution in [-0.4, -0.2) is 53.8 Å². The number of rotatable bonds is 2. The van der Waals surface area contributed by atoms with Gasteiger partial charge in [-0.15, -0.1) is 0 Å². The van der Waals surface area contributed by atoms with Crippen molar-refractivity contribution in [2.45, 2.75) is 52.5 Å². The molecule has 2 aliphatic carbocycles. The van der Waals surface area contributed by atoms with Crippen molar-refractivity contribution in [2.24, 2.45) is 0 Å². The van der Waals surface area contributed by atoms with E-state index in [1.165, 1.54) is 18.2 Å². The molecule has 2 aromatic carbocycles. The van der Waals surface area contributed by atoms with Crippen LogP contribution in [0.15, 0.2) is 69.2 Å². The number of aliphatic hydroxyl groups is 1. The molecule has 0 radical (unpaired) electrons. The number of nitrogens with zero attached hydrogens (tertiary/aromatic N) is 1. The Balaban J connectivity index is 1.55. The molecule has 1 aliphatic heterocycles. The van der Waals surface area contributed by atoms with E-state index in [1.54, 1.807) is 30.3 Å². The second-order valence-corrected chi connectivity index (χ2v) is 11.9. The highest BCUT2D eigenvalue weighted by Crippen LogP contribution is 2.56. The molecule has 176 valence electrons. The molecule has 3 atom stereocenters. The molecule has 2 heterocycles. The highest BCUT2D eigenvalue weighted by Gasteiger charge is 2.64. The molecule has 3 aliphatic rings. The molecule has 0 amide bonds. The summed E-state index contributed by atoms with van der Waals surface area (Å²) in [7, 11) is -2.00. The van der Waals surface area contributed by atoms with Crippen molar-refractivity contribution in [3.8, 4) is 5.75 Å². The van der Waals surface area contributed by atoms with Crippen molar-refractivity contribution in [3.05, 3.63) is 87.3 Å². The average Bonchev–Trinajstić information content (AvgIpc) is 2.81. The summed E-state index contributed by atoms with van der Waals surface area (Å²) in [5.41, 5.74) is 0.824. The Labute approximate surface area is 197 Å². The Morgan fingerprint density at radius 3 is 2.59 bits per heavy atom. The molecule has 0 unspecified atom stereocenters. The maximum Gasteiger partial charge on any atom is 0.267 e. The number of piperidine rings is 1. The number of likely N-dealkylation sites (tertiary alicyclic amines) is 1. The summed E-state index contributed by atoms with van der Waals surface area (Å²) in [4.78, 5) is 17.8. The van der Waals surface area contributed by atoms with Gasteiger partial charge < -0.3 is 20.1 Å². The van der Waals surface area contributed by atoms with Gasteiger partial charge in [0.2, 0.25) is 9.84 Å². The van der Waals surface area contributed by atoms with Crippen LogP contribution in [0.25, 0.3) is 0 Å². The summed E-state index contributed by atoms with van der Waals surface area (Å²) < 4.78 is 26.5. The van der Waals surface area contributed by atoms with Gasteiger partial charge in [0.05, 0.1) is 10.5 Å². The van der Waals surface area contributed by atoms with Crippen molar-refractivity contribution >= 4 is 9.84 Å². The molecule has 8 heteroatoms. The van der Waals surface area contributed by atoms with Crippen molar-refractivity contribution < 1.29 is 18.6 Å². The molecule has 6 rings (SSSR count). The topological polar surface area (TPSA) is 111 Å². The summed E-state index contributed by atoms with van der Waals surface area (Å²) in [6.07, 6.45) is 1.90. The lowest BCUT2D eigenvalue weighted by Crippen LogP contribution is -2.73. The van der Waals surface area contributed by atoms with Crippen molar-refractivity contribution in [1.29, 1.82) is 0 Å². The number of benzene rings is 2. The Bertz CT molecular complexity index is 1480. The van der Waals surface area contributed by atoms with Gasteiger partial charge in [0.1, 0.15) is 10.6 Å². The van der Waals surface area contributed by atoms with E-state index in [0.29, 0.717) is 30.5 Å². The first-order valence-corrected chi connectivity index (χ1v) is 12.9. The second kappa shape index (κ2) is 7.04. The third kappa shape index (κ3) is 2.76. The number of phenolic OH excluding ortho intramolecular Hbond substituents is 1. The second-order valence-electron chi connectivity index (χ2n) is 9.93. The smallest absolute Gasteiger partial charge is 0.267 e. The zero-order chi connectivity index (χ0) is 23.9. The monoisotopic (exact) mass is 478 g/mol. The van der Waals surface area contributed by atoms with Gasteiger partial charge in [0.15, 0.2) is 0 Å². The predicted molar refractivity (Wildman–Crippen MR) is 126 cm³/mol. The SMILES string of the molecule is CN1CC[C@]23Cc4[nH]c(=O)c(S(=O)(=O)c5ccccc5)cc4C[C@@]2(O)[C@H]1Cc1ccc(O)cc13. The largest absolute Gasteiger partial charge is 0.508 e. The Hall–Kier alpha value is -2.94. The van der Waals surface area contributed by atoms with E-state index in [9.17, 15) is 23.4 Å². The Kier molecular flexibility index (Phi) is 4.47. The van der Waals surface area contributed by atoms with Crippen LogP contribution in [0.5, 0.6) is 5.75 Å². The molecule has 0 spiro atoms. The summed E-state index contributed by atoms with van der Waals surface area (Å²) in [6.45, 7) is 0.780.